The highest BCUT2D eigenvalue weighted by atomic mass is 32.1. The number of hydrogen-bond donors (Lipinski definition) is 1. The molecule has 134 valence electrons. The van der Waals surface area contributed by atoms with Crippen LogP contribution in [-0.2, 0) is 6.54 Å². The summed E-state index contributed by atoms with van der Waals surface area (Å²) >= 11 is 1.12. The number of anilines is 1. The van der Waals surface area contributed by atoms with Crippen LogP contribution in [0, 0.1) is 0 Å². The topological polar surface area (TPSA) is 64.1 Å². The Hall–Kier alpha value is -2.94. The summed E-state index contributed by atoms with van der Waals surface area (Å²) in [4.78, 5) is 20.9. The zero-order chi connectivity index (χ0) is 18.6. The van der Waals surface area contributed by atoms with E-state index in [2.05, 4.69) is 20.0 Å². The van der Waals surface area contributed by atoms with E-state index in [1.807, 2.05) is 12.1 Å². The first-order valence-electron chi connectivity index (χ1n) is 7.40. The summed E-state index contributed by atoms with van der Waals surface area (Å²) in [5.74, 6) is -0.868. The third-order valence-corrected chi connectivity index (χ3v) is 4.18. The molecule has 0 saturated carbocycles. The van der Waals surface area contributed by atoms with Crippen LogP contribution in [0.4, 0.5) is 18.3 Å². The molecule has 0 spiro atoms. The molecule has 2 heterocycles. The van der Waals surface area contributed by atoms with Crippen LogP contribution in [0.25, 0.3) is 0 Å². The lowest BCUT2D eigenvalue weighted by Crippen LogP contribution is -2.17. The number of aromatic nitrogens is 2. The number of ether oxygens (including phenoxy) is 1. The fraction of sp³-hybridized carbons (Fsp3) is 0.118. The van der Waals surface area contributed by atoms with Gasteiger partial charge in [0.15, 0.2) is 5.13 Å². The lowest BCUT2D eigenvalue weighted by Gasteiger charge is -2.09. The maximum absolute atomic E-state index is 12.4. The van der Waals surface area contributed by atoms with Crippen LogP contribution >= 0.6 is 11.3 Å². The Labute approximate surface area is 150 Å². The van der Waals surface area contributed by atoms with Gasteiger partial charge in [0.2, 0.25) is 5.78 Å². The third-order valence-electron chi connectivity index (χ3n) is 3.23. The molecule has 0 bridgehead atoms. The molecule has 26 heavy (non-hydrogen) atoms. The largest absolute Gasteiger partial charge is 0.573 e. The van der Waals surface area contributed by atoms with Crippen molar-refractivity contribution in [1.82, 2.24) is 9.97 Å². The van der Waals surface area contributed by atoms with Gasteiger partial charge in [0.1, 0.15) is 5.75 Å². The van der Waals surface area contributed by atoms with Crippen LogP contribution in [0.1, 0.15) is 20.8 Å². The van der Waals surface area contributed by atoms with E-state index in [0.29, 0.717) is 16.6 Å². The predicted octanol–water partition coefficient (Wildman–Crippen LogP) is 4.28. The van der Waals surface area contributed by atoms with E-state index in [4.69, 9.17) is 0 Å². The number of nitrogens with one attached hydrogen (secondary N) is 1. The van der Waals surface area contributed by atoms with Crippen molar-refractivity contribution in [2.75, 3.05) is 5.32 Å². The van der Waals surface area contributed by atoms with Crippen molar-refractivity contribution in [3.05, 3.63) is 71.0 Å². The van der Waals surface area contributed by atoms with Gasteiger partial charge < -0.3 is 10.1 Å². The molecule has 0 aliphatic carbocycles. The van der Waals surface area contributed by atoms with Crippen molar-refractivity contribution in [2.24, 2.45) is 0 Å². The van der Waals surface area contributed by atoms with Crippen LogP contribution < -0.4 is 10.1 Å². The van der Waals surface area contributed by atoms with E-state index in [-0.39, 0.29) is 5.56 Å². The Kier molecular flexibility index (Phi) is 5.17. The number of pyridine rings is 1. The molecule has 0 radical (unpaired) electrons. The molecule has 0 unspecified atom stereocenters. The Morgan fingerprint density at radius 1 is 1.19 bits per heavy atom. The molecule has 9 heteroatoms. The van der Waals surface area contributed by atoms with Crippen LogP contribution in [0.5, 0.6) is 5.75 Å². The second-order valence-corrected chi connectivity index (χ2v) is 6.18. The number of rotatable bonds is 6. The van der Waals surface area contributed by atoms with Gasteiger partial charge in [0.05, 0.1) is 11.1 Å². The lowest BCUT2D eigenvalue weighted by atomic mass is 10.1. The van der Waals surface area contributed by atoms with Gasteiger partial charge in [0.25, 0.3) is 0 Å². The molecule has 1 aromatic carbocycles. The molecule has 0 aliphatic heterocycles. The molecule has 0 fully saturated rings. The molecule has 0 atom stereocenters. The Morgan fingerprint density at radius 3 is 2.77 bits per heavy atom. The van der Waals surface area contributed by atoms with Crippen LogP contribution in [0.3, 0.4) is 0 Å². The zero-order valence-corrected chi connectivity index (χ0v) is 14.0. The standard InChI is InChI=1S/C17H12F3N3O2S/c18-17(19,20)25-13-5-1-4-12(7-13)15(24)14-10-23-16(26-14)22-9-11-3-2-6-21-8-11/h1-8,10H,9H2,(H,22,23). The monoisotopic (exact) mass is 379 g/mol. The molecular weight excluding hydrogens is 367 g/mol. The second kappa shape index (κ2) is 7.52. The summed E-state index contributed by atoms with van der Waals surface area (Å²) in [5, 5.41) is 3.60. The van der Waals surface area contributed by atoms with Gasteiger partial charge in [-0.15, -0.1) is 13.2 Å². The zero-order valence-electron chi connectivity index (χ0n) is 13.2. The first-order valence-corrected chi connectivity index (χ1v) is 8.21. The molecule has 2 aromatic heterocycles. The first-order chi connectivity index (χ1) is 12.4. The maximum Gasteiger partial charge on any atom is 0.573 e. The highest BCUT2D eigenvalue weighted by molar-refractivity contribution is 7.17. The summed E-state index contributed by atoms with van der Waals surface area (Å²) in [5.41, 5.74) is 1.04. The number of carbonyl (C=O) groups excluding carboxylic acids is 1. The normalized spacial score (nSPS) is 11.2. The molecule has 0 amide bonds. The number of carbonyl (C=O) groups is 1. The average Bonchev–Trinajstić information content (AvgIpc) is 3.08. The van der Waals surface area contributed by atoms with E-state index in [1.54, 1.807) is 12.4 Å². The van der Waals surface area contributed by atoms with Crippen molar-refractivity contribution in [1.29, 1.82) is 0 Å². The van der Waals surface area contributed by atoms with Crippen molar-refractivity contribution in [3.8, 4) is 5.75 Å². The number of nitrogens with zero attached hydrogens (tertiary/aromatic N) is 2. The van der Waals surface area contributed by atoms with E-state index in [9.17, 15) is 18.0 Å². The average molecular weight is 379 g/mol. The Morgan fingerprint density at radius 2 is 2.04 bits per heavy atom. The molecule has 0 saturated heterocycles. The predicted molar refractivity (Wildman–Crippen MR) is 90.2 cm³/mol. The smallest absolute Gasteiger partial charge is 0.406 e. The fourth-order valence-electron chi connectivity index (χ4n) is 2.12. The third kappa shape index (κ3) is 4.79. The fourth-order valence-corrected chi connectivity index (χ4v) is 2.89. The minimum absolute atomic E-state index is 0.0919. The molecule has 5 nitrogen and oxygen atoms in total. The van der Waals surface area contributed by atoms with E-state index in [1.165, 1.54) is 18.3 Å². The van der Waals surface area contributed by atoms with Gasteiger partial charge in [-0.3, -0.25) is 9.78 Å². The van der Waals surface area contributed by atoms with Gasteiger partial charge in [0, 0.05) is 24.5 Å². The number of thiazole rings is 1. The second-order valence-electron chi connectivity index (χ2n) is 5.15. The summed E-state index contributed by atoms with van der Waals surface area (Å²) in [6.07, 6.45) is -0.0511. The number of hydrogen-bond acceptors (Lipinski definition) is 6. The summed E-state index contributed by atoms with van der Waals surface area (Å²) < 4.78 is 40.7. The minimum atomic E-state index is -4.81. The van der Waals surface area contributed by atoms with Crippen molar-refractivity contribution in [2.45, 2.75) is 12.9 Å². The van der Waals surface area contributed by atoms with Gasteiger partial charge in [-0.05, 0) is 23.8 Å². The molecule has 1 N–H and O–H groups in total. The molecule has 0 aliphatic rings. The summed E-state index contributed by atoms with van der Waals surface area (Å²) in [6, 6.07) is 8.65. The van der Waals surface area contributed by atoms with Gasteiger partial charge >= 0.3 is 6.36 Å². The lowest BCUT2D eigenvalue weighted by molar-refractivity contribution is -0.274. The molecule has 3 aromatic rings. The van der Waals surface area contributed by atoms with Crippen LogP contribution in [-0.4, -0.2) is 22.1 Å². The van der Waals surface area contributed by atoms with Gasteiger partial charge in [-0.25, -0.2) is 4.98 Å². The Bertz CT molecular complexity index is 898. The van der Waals surface area contributed by atoms with Gasteiger partial charge in [-0.2, -0.15) is 0 Å². The molecular formula is C17H12F3N3O2S. The van der Waals surface area contributed by atoms with Crippen LogP contribution in [0.15, 0.2) is 55.0 Å². The SMILES string of the molecule is O=C(c1cccc(OC(F)(F)F)c1)c1cnc(NCc2cccnc2)s1. The number of benzene rings is 1. The minimum Gasteiger partial charge on any atom is -0.406 e. The van der Waals surface area contributed by atoms with Crippen LogP contribution in [0.2, 0.25) is 0 Å². The summed E-state index contributed by atoms with van der Waals surface area (Å²) in [6.45, 7) is 0.490. The van der Waals surface area contributed by atoms with Crippen molar-refractivity contribution >= 4 is 22.3 Å². The highest BCUT2D eigenvalue weighted by Crippen LogP contribution is 2.26. The summed E-state index contributed by atoms with van der Waals surface area (Å²) in [7, 11) is 0. The van der Waals surface area contributed by atoms with E-state index >= 15 is 0 Å². The quantitative estimate of drug-likeness (QED) is 0.648. The number of ketones is 1. The van der Waals surface area contributed by atoms with Crippen molar-refractivity contribution < 1.29 is 22.7 Å². The van der Waals surface area contributed by atoms with E-state index < -0.39 is 17.9 Å². The Balaban J connectivity index is 1.69. The van der Waals surface area contributed by atoms with Gasteiger partial charge in [-0.1, -0.05) is 29.5 Å². The van der Waals surface area contributed by atoms with Crippen molar-refractivity contribution in [3.63, 3.8) is 0 Å². The molecule has 3 rings (SSSR count). The number of alkyl halides is 3. The van der Waals surface area contributed by atoms with E-state index in [0.717, 1.165) is 29.0 Å². The number of halogens is 3. The first kappa shape index (κ1) is 17.9. The maximum atomic E-state index is 12.4. The highest BCUT2D eigenvalue weighted by Gasteiger charge is 2.31.